The van der Waals surface area contributed by atoms with Gasteiger partial charge in [0.05, 0.1) is 19.8 Å². The van der Waals surface area contributed by atoms with Gasteiger partial charge in [0.2, 0.25) is 0 Å². The lowest BCUT2D eigenvalue weighted by Gasteiger charge is -2.43. The molecule has 3 aromatic rings. The molecule has 39 heavy (non-hydrogen) atoms. The van der Waals surface area contributed by atoms with Gasteiger partial charge in [-0.2, -0.15) is 0 Å². The third-order valence-electron chi connectivity index (χ3n) is 7.29. The van der Waals surface area contributed by atoms with E-state index in [1.165, 1.54) is 10.8 Å². The fraction of sp³-hybridized carbons (Fsp3) is 0.448. The molecule has 0 amide bonds. The van der Waals surface area contributed by atoms with Gasteiger partial charge >= 0.3 is 5.69 Å². The van der Waals surface area contributed by atoms with Crippen LogP contribution in [-0.4, -0.2) is 66.2 Å². The van der Waals surface area contributed by atoms with Crippen LogP contribution >= 0.6 is 0 Å². The number of nitrogens with zero attached hydrogens (tertiary/aromatic N) is 1. The maximum absolute atomic E-state index is 12.8. The summed E-state index contributed by atoms with van der Waals surface area (Å²) in [5.41, 5.74) is -0.724. The second-order valence-electron chi connectivity index (χ2n) is 10.8. The van der Waals surface area contributed by atoms with Crippen LogP contribution in [0.4, 0.5) is 0 Å². The second kappa shape index (κ2) is 12.1. The van der Waals surface area contributed by atoms with Crippen molar-refractivity contribution in [3.8, 4) is 0 Å². The molecule has 1 aromatic heterocycles. The van der Waals surface area contributed by atoms with Crippen molar-refractivity contribution >= 4 is 18.7 Å². The Balaban J connectivity index is 1.72. The highest BCUT2D eigenvalue weighted by molar-refractivity contribution is 6.99. The molecule has 210 valence electrons. The zero-order valence-electron chi connectivity index (χ0n) is 22.9. The minimum atomic E-state index is -2.92. The summed E-state index contributed by atoms with van der Waals surface area (Å²) < 4.78 is 20.2. The Morgan fingerprint density at radius 1 is 1.03 bits per heavy atom. The number of nitrogens with one attached hydrogen (secondary N) is 1. The Bertz CT molecular complexity index is 1300. The van der Waals surface area contributed by atoms with Gasteiger partial charge in [-0.25, -0.2) is 4.79 Å². The lowest BCUT2D eigenvalue weighted by atomic mass is 10.1. The van der Waals surface area contributed by atoms with Crippen molar-refractivity contribution in [2.24, 2.45) is 0 Å². The molecule has 10 heteroatoms. The molecule has 3 N–H and O–H groups in total. The predicted octanol–water partition coefficient (Wildman–Crippen LogP) is 1.31. The van der Waals surface area contributed by atoms with Gasteiger partial charge in [0.1, 0.15) is 18.3 Å². The second-order valence-corrected chi connectivity index (χ2v) is 15.1. The molecule has 4 rings (SSSR count). The van der Waals surface area contributed by atoms with Crippen molar-refractivity contribution in [2.45, 2.75) is 63.7 Å². The molecular weight excluding hydrogens is 516 g/mol. The van der Waals surface area contributed by atoms with E-state index in [2.05, 4.69) is 50.0 Å². The van der Waals surface area contributed by atoms with E-state index in [1.807, 2.05) is 43.3 Å². The zero-order valence-corrected chi connectivity index (χ0v) is 23.9. The van der Waals surface area contributed by atoms with Crippen LogP contribution in [0.25, 0.3) is 0 Å². The normalized spacial score (nSPS) is 21.8. The molecule has 1 aliphatic heterocycles. The van der Waals surface area contributed by atoms with Gasteiger partial charge in [0.15, 0.2) is 6.23 Å². The molecule has 1 fully saturated rings. The monoisotopic (exact) mass is 554 g/mol. The average molecular weight is 555 g/mol. The minimum absolute atomic E-state index is 0.0443. The Morgan fingerprint density at radius 2 is 1.62 bits per heavy atom. The average Bonchev–Trinajstić information content (AvgIpc) is 3.23. The largest absolute Gasteiger partial charge is 0.405 e. The number of aromatic amines is 1. The summed E-state index contributed by atoms with van der Waals surface area (Å²) in [5, 5.41) is 22.6. The molecule has 0 spiro atoms. The first-order valence-corrected chi connectivity index (χ1v) is 15.2. The zero-order chi connectivity index (χ0) is 28.2. The third-order valence-corrected chi connectivity index (χ3v) is 12.3. The highest BCUT2D eigenvalue weighted by Crippen LogP contribution is 2.38. The number of benzene rings is 2. The molecule has 0 unspecified atom stereocenters. The molecule has 4 atom stereocenters. The van der Waals surface area contributed by atoms with E-state index in [1.54, 1.807) is 0 Å². The van der Waals surface area contributed by atoms with Crippen LogP contribution in [0.2, 0.25) is 5.04 Å². The highest BCUT2D eigenvalue weighted by atomic mass is 28.4. The fourth-order valence-electron chi connectivity index (χ4n) is 5.39. The van der Waals surface area contributed by atoms with Crippen molar-refractivity contribution in [2.75, 3.05) is 19.8 Å². The number of rotatable bonds is 10. The predicted molar refractivity (Wildman–Crippen MR) is 151 cm³/mol. The number of aromatic nitrogens is 2. The van der Waals surface area contributed by atoms with Gasteiger partial charge in [-0.1, -0.05) is 88.4 Å². The molecular formula is C29H38N2O7Si. The number of aliphatic hydroxyl groups excluding tert-OH is 2. The number of hydrogen-bond acceptors (Lipinski definition) is 7. The van der Waals surface area contributed by atoms with Crippen LogP contribution in [0, 0.1) is 0 Å². The van der Waals surface area contributed by atoms with E-state index < -0.39 is 44.1 Å². The molecule has 9 nitrogen and oxygen atoms in total. The number of hydrogen-bond donors (Lipinski definition) is 3. The van der Waals surface area contributed by atoms with E-state index >= 15 is 0 Å². The summed E-state index contributed by atoms with van der Waals surface area (Å²) in [7, 11) is -2.92. The Hall–Kier alpha value is -2.86. The number of ether oxygens (including phenoxy) is 2. The summed E-state index contributed by atoms with van der Waals surface area (Å²) in [4.78, 5) is 27.2. The summed E-state index contributed by atoms with van der Waals surface area (Å²) in [6.07, 6.45) is -2.10. The summed E-state index contributed by atoms with van der Waals surface area (Å²) >= 11 is 0. The van der Waals surface area contributed by atoms with Crippen molar-refractivity contribution in [3.63, 3.8) is 0 Å². The molecule has 2 heterocycles. The van der Waals surface area contributed by atoms with Crippen LogP contribution in [0.1, 0.15) is 39.5 Å². The fourth-order valence-corrected chi connectivity index (χ4v) is 9.96. The molecule has 0 radical (unpaired) electrons. The molecule has 1 saturated heterocycles. The quantitative estimate of drug-likeness (QED) is 0.323. The van der Waals surface area contributed by atoms with Crippen LogP contribution < -0.4 is 21.6 Å². The SMILES string of the molecule is CCc1cn([C@@H]2O[C@H](CO[Si](c3ccccc3)(c3ccccc3)C(C)(C)C)[C@@H](O)[C@H]2OCCO)c(=O)[nH]c1=O. The molecule has 0 bridgehead atoms. The lowest BCUT2D eigenvalue weighted by Crippen LogP contribution is -2.67. The number of aryl methyl sites for hydroxylation is 1. The van der Waals surface area contributed by atoms with E-state index in [4.69, 9.17) is 13.9 Å². The lowest BCUT2D eigenvalue weighted by molar-refractivity contribution is -0.0792. The van der Waals surface area contributed by atoms with Crippen molar-refractivity contribution in [1.29, 1.82) is 0 Å². The van der Waals surface area contributed by atoms with Gasteiger partial charge in [-0.3, -0.25) is 14.3 Å². The van der Waals surface area contributed by atoms with Crippen LogP contribution in [0.3, 0.4) is 0 Å². The van der Waals surface area contributed by atoms with Gasteiger partial charge in [-0.05, 0) is 21.8 Å². The summed E-state index contributed by atoms with van der Waals surface area (Å²) in [6.45, 7) is 8.02. The number of aliphatic hydroxyl groups is 2. The van der Waals surface area contributed by atoms with Gasteiger partial charge in [0.25, 0.3) is 13.9 Å². The first-order chi connectivity index (χ1) is 18.6. The maximum Gasteiger partial charge on any atom is 0.330 e. The molecule has 2 aromatic carbocycles. The van der Waals surface area contributed by atoms with E-state index in [9.17, 15) is 19.8 Å². The standard InChI is InChI=1S/C29H38N2O7Si/c1-5-20-18-31(28(35)30-26(20)34)27-25(36-17-16-32)24(33)23(38-27)19-37-39(29(2,3)4,21-12-8-6-9-13-21)22-14-10-7-11-15-22/h6-15,18,23-25,27,32-33H,5,16-17,19H2,1-4H3,(H,30,34,35)/t23-,24-,25-,27-/m1/s1. The van der Waals surface area contributed by atoms with E-state index in [0.717, 1.165) is 10.4 Å². The van der Waals surface area contributed by atoms with E-state index in [-0.39, 0.29) is 24.9 Å². The Morgan fingerprint density at radius 3 is 2.13 bits per heavy atom. The van der Waals surface area contributed by atoms with Crippen molar-refractivity contribution < 1.29 is 24.1 Å². The van der Waals surface area contributed by atoms with Crippen molar-refractivity contribution in [3.05, 3.63) is 93.3 Å². The maximum atomic E-state index is 12.8. The van der Waals surface area contributed by atoms with Crippen LogP contribution in [0.15, 0.2) is 76.4 Å². The first kappa shape index (κ1) is 29.1. The topological polar surface area (TPSA) is 123 Å². The molecule has 1 aliphatic rings. The Labute approximate surface area is 229 Å². The van der Waals surface area contributed by atoms with Crippen molar-refractivity contribution in [1.82, 2.24) is 9.55 Å². The molecule has 0 aliphatic carbocycles. The van der Waals surface area contributed by atoms with E-state index in [0.29, 0.717) is 12.0 Å². The number of H-pyrrole nitrogens is 1. The van der Waals surface area contributed by atoms with Gasteiger partial charge in [0, 0.05) is 11.8 Å². The van der Waals surface area contributed by atoms with Gasteiger partial charge in [-0.15, -0.1) is 0 Å². The van der Waals surface area contributed by atoms with Crippen LogP contribution in [-0.2, 0) is 20.3 Å². The summed E-state index contributed by atoms with van der Waals surface area (Å²) in [6, 6.07) is 20.3. The van der Waals surface area contributed by atoms with Crippen LogP contribution in [0.5, 0.6) is 0 Å². The Kier molecular flexibility index (Phi) is 9.05. The first-order valence-electron chi connectivity index (χ1n) is 13.3. The smallest absolute Gasteiger partial charge is 0.330 e. The molecule has 0 saturated carbocycles. The minimum Gasteiger partial charge on any atom is -0.405 e. The summed E-state index contributed by atoms with van der Waals surface area (Å²) in [5.74, 6) is 0. The van der Waals surface area contributed by atoms with Gasteiger partial charge < -0.3 is 24.1 Å². The highest BCUT2D eigenvalue weighted by Gasteiger charge is 2.52. The third kappa shape index (κ3) is 5.72.